The van der Waals surface area contributed by atoms with Gasteiger partial charge >= 0.3 is 0 Å². The lowest BCUT2D eigenvalue weighted by molar-refractivity contribution is 0.0894. The summed E-state index contributed by atoms with van der Waals surface area (Å²) in [5.41, 5.74) is 1.12. The molecule has 1 amide bonds. The number of aromatic hydroxyl groups is 1. The Hall–Kier alpha value is -1.55. The summed E-state index contributed by atoms with van der Waals surface area (Å²) in [6, 6.07) is 4.58. The minimum absolute atomic E-state index is 0.0389. The minimum atomic E-state index is -0.366. The summed E-state index contributed by atoms with van der Waals surface area (Å²) < 4.78 is 0. The maximum Gasteiger partial charge on any atom is 0.255 e. The van der Waals surface area contributed by atoms with E-state index in [4.69, 9.17) is 5.11 Å². The van der Waals surface area contributed by atoms with E-state index in [9.17, 15) is 9.90 Å². The first-order valence-corrected chi connectivity index (χ1v) is 5.67. The summed E-state index contributed by atoms with van der Waals surface area (Å²) in [5, 5.41) is 21.5. The number of phenols is 1. The molecule has 1 rings (SSSR count). The number of hydrogen-bond acceptors (Lipinski definition) is 3. The van der Waals surface area contributed by atoms with Crippen molar-refractivity contribution in [2.45, 2.75) is 26.8 Å². The number of nitrogens with one attached hydrogen (secondary N) is 1. The molecule has 1 atom stereocenters. The van der Waals surface area contributed by atoms with E-state index in [1.54, 1.807) is 12.1 Å². The van der Waals surface area contributed by atoms with Crippen LogP contribution in [0.4, 0.5) is 0 Å². The molecule has 0 aliphatic heterocycles. The van der Waals surface area contributed by atoms with Crippen LogP contribution in [0.25, 0.3) is 0 Å². The molecule has 17 heavy (non-hydrogen) atoms. The van der Waals surface area contributed by atoms with E-state index in [1.807, 2.05) is 20.8 Å². The third-order valence-corrected chi connectivity index (χ3v) is 2.72. The Morgan fingerprint density at radius 3 is 2.53 bits per heavy atom. The number of aryl methyl sites for hydroxylation is 1. The van der Waals surface area contributed by atoms with E-state index in [0.717, 1.165) is 5.56 Å². The number of amides is 1. The standard InChI is InChI=1S/C13H19NO3/c1-8(2)11(7-15)14-13(17)10-5-4-9(3)6-12(10)16/h4-6,8,11,15-16H,7H2,1-3H3,(H,14,17). The van der Waals surface area contributed by atoms with Gasteiger partial charge in [0, 0.05) is 0 Å². The summed E-state index contributed by atoms with van der Waals surface area (Å²) in [4.78, 5) is 11.9. The molecule has 0 saturated heterocycles. The number of carbonyl (C=O) groups is 1. The predicted octanol–water partition coefficient (Wildman–Crippen LogP) is 1.45. The van der Waals surface area contributed by atoms with Crippen LogP contribution < -0.4 is 5.32 Å². The van der Waals surface area contributed by atoms with Crippen LogP contribution in [0.5, 0.6) is 5.75 Å². The minimum Gasteiger partial charge on any atom is -0.507 e. The third kappa shape index (κ3) is 3.46. The highest BCUT2D eigenvalue weighted by atomic mass is 16.3. The molecule has 0 spiro atoms. The molecule has 94 valence electrons. The van der Waals surface area contributed by atoms with Crippen LogP contribution in [0.3, 0.4) is 0 Å². The molecule has 4 nitrogen and oxygen atoms in total. The van der Waals surface area contributed by atoms with Gasteiger partial charge in [0.25, 0.3) is 5.91 Å². The SMILES string of the molecule is Cc1ccc(C(=O)NC(CO)C(C)C)c(O)c1. The Balaban J connectivity index is 2.82. The average Bonchev–Trinajstić information content (AvgIpc) is 2.24. The lowest BCUT2D eigenvalue weighted by Crippen LogP contribution is -2.41. The van der Waals surface area contributed by atoms with Gasteiger partial charge in [-0.05, 0) is 30.5 Å². The van der Waals surface area contributed by atoms with E-state index in [2.05, 4.69) is 5.32 Å². The Morgan fingerprint density at radius 1 is 1.41 bits per heavy atom. The summed E-state index contributed by atoms with van der Waals surface area (Å²) in [7, 11) is 0. The van der Waals surface area contributed by atoms with Gasteiger partial charge < -0.3 is 15.5 Å². The zero-order valence-electron chi connectivity index (χ0n) is 10.4. The summed E-state index contributed by atoms with van der Waals surface area (Å²) in [6.45, 7) is 5.55. The van der Waals surface area contributed by atoms with Crippen LogP contribution >= 0.6 is 0 Å². The fourth-order valence-corrected chi connectivity index (χ4v) is 1.50. The molecule has 0 aromatic heterocycles. The van der Waals surface area contributed by atoms with Crippen molar-refractivity contribution < 1.29 is 15.0 Å². The van der Waals surface area contributed by atoms with Crippen molar-refractivity contribution in [2.75, 3.05) is 6.61 Å². The predicted molar refractivity (Wildman–Crippen MR) is 66.0 cm³/mol. The molecule has 1 aromatic carbocycles. The third-order valence-electron chi connectivity index (χ3n) is 2.72. The molecule has 0 radical (unpaired) electrons. The fourth-order valence-electron chi connectivity index (χ4n) is 1.50. The van der Waals surface area contributed by atoms with Crippen LogP contribution in [-0.2, 0) is 0 Å². The number of benzene rings is 1. The second kappa shape index (κ2) is 5.68. The highest BCUT2D eigenvalue weighted by Crippen LogP contribution is 2.18. The molecule has 0 aliphatic carbocycles. The van der Waals surface area contributed by atoms with Crippen LogP contribution in [0.15, 0.2) is 18.2 Å². The lowest BCUT2D eigenvalue weighted by Gasteiger charge is -2.20. The number of aliphatic hydroxyl groups excluding tert-OH is 1. The fraction of sp³-hybridized carbons (Fsp3) is 0.462. The Labute approximate surface area is 101 Å². The van der Waals surface area contributed by atoms with Crippen molar-refractivity contribution in [3.63, 3.8) is 0 Å². The van der Waals surface area contributed by atoms with Gasteiger partial charge in [0.1, 0.15) is 5.75 Å². The topological polar surface area (TPSA) is 69.6 Å². The monoisotopic (exact) mass is 237 g/mol. The zero-order valence-corrected chi connectivity index (χ0v) is 10.4. The summed E-state index contributed by atoms with van der Waals surface area (Å²) in [6.07, 6.45) is 0. The van der Waals surface area contributed by atoms with E-state index in [-0.39, 0.29) is 35.8 Å². The van der Waals surface area contributed by atoms with Crippen LogP contribution in [0, 0.1) is 12.8 Å². The number of hydrogen-bond donors (Lipinski definition) is 3. The molecule has 3 N–H and O–H groups in total. The molecule has 4 heteroatoms. The van der Waals surface area contributed by atoms with Crippen molar-refractivity contribution in [1.82, 2.24) is 5.32 Å². The smallest absolute Gasteiger partial charge is 0.255 e. The quantitative estimate of drug-likeness (QED) is 0.742. The van der Waals surface area contributed by atoms with Gasteiger partial charge in [-0.3, -0.25) is 4.79 Å². The highest BCUT2D eigenvalue weighted by molar-refractivity contribution is 5.97. The summed E-state index contributed by atoms with van der Waals surface area (Å²) in [5.74, 6) is -0.269. The molecule has 0 fully saturated rings. The molecule has 0 saturated carbocycles. The lowest BCUT2D eigenvalue weighted by atomic mass is 10.0. The number of aliphatic hydroxyl groups is 1. The number of carbonyl (C=O) groups excluding carboxylic acids is 1. The first-order chi connectivity index (χ1) is 7.95. The van der Waals surface area contributed by atoms with E-state index >= 15 is 0 Å². The molecule has 0 aliphatic rings. The molecular formula is C13H19NO3. The first-order valence-electron chi connectivity index (χ1n) is 5.67. The zero-order chi connectivity index (χ0) is 13.0. The Kier molecular flexibility index (Phi) is 4.52. The van der Waals surface area contributed by atoms with Crippen molar-refractivity contribution in [1.29, 1.82) is 0 Å². The van der Waals surface area contributed by atoms with Gasteiger partial charge in [0.2, 0.25) is 0 Å². The van der Waals surface area contributed by atoms with Crippen LogP contribution in [0.1, 0.15) is 29.8 Å². The van der Waals surface area contributed by atoms with Gasteiger partial charge in [-0.2, -0.15) is 0 Å². The van der Waals surface area contributed by atoms with Crippen molar-refractivity contribution >= 4 is 5.91 Å². The first kappa shape index (κ1) is 13.5. The van der Waals surface area contributed by atoms with E-state index in [1.165, 1.54) is 6.07 Å². The van der Waals surface area contributed by atoms with Gasteiger partial charge in [0.15, 0.2) is 0 Å². The van der Waals surface area contributed by atoms with E-state index < -0.39 is 0 Å². The van der Waals surface area contributed by atoms with Crippen LogP contribution in [0.2, 0.25) is 0 Å². The van der Waals surface area contributed by atoms with Gasteiger partial charge in [-0.15, -0.1) is 0 Å². The van der Waals surface area contributed by atoms with E-state index in [0.29, 0.717) is 0 Å². The van der Waals surface area contributed by atoms with Crippen molar-refractivity contribution in [2.24, 2.45) is 5.92 Å². The maximum absolute atomic E-state index is 11.9. The maximum atomic E-state index is 11.9. The Bertz CT molecular complexity index is 402. The number of phenolic OH excluding ortho intramolecular Hbond substituents is 1. The van der Waals surface area contributed by atoms with Gasteiger partial charge in [-0.1, -0.05) is 19.9 Å². The highest BCUT2D eigenvalue weighted by Gasteiger charge is 2.18. The van der Waals surface area contributed by atoms with Crippen molar-refractivity contribution in [3.8, 4) is 5.75 Å². The molecule has 0 bridgehead atoms. The van der Waals surface area contributed by atoms with Gasteiger partial charge in [0.05, 0.1) is 18.2 Å². The molecular weight excluding hydrogens is 218 g/mol. The summed E-state index contributed by atoms with van der Waals surface area (Å²) >= 11 is 0. The second-order valence-corrected chi connectivity index (χ2v) is 4.53. The molecule has 0 heterocycles. The van der Waals surface area contributed by atoms with Crippen molar-refractivity contribution in [3.05, 3.63) is 29.3 Å². The molecule has 1 unspecified atom stereocenters. The number of rotatable bonds is 4. The van der Waals surface area contributed by atoms with Crippen LogP contribution in [-0.4, -0.2) is 28.8 Å². The average molecular weight is 237 g/mol. The Morgan fingerprint density at radius 2 is 2.06 bits per heavy atom. The largest absolute Gasteiger partial charge is 0.507 e. The second-order valence-electron chi connectivity index (χ2n) is 4.53. The van der Waals surface area contributed by atoms with Gasteiger partial charge in [-0.25, -0.2) is 0 Å². The normalized spacial score (nSPS) is 12.5. The molecule has 1 aromatic rings.